The minimum Gasteiger partial charge on any atom is -0.480 e. The van der Waals surface area contributed by atoms with Gasteiger partial charge in [0.05, 0.1) is 0 Å². The quantitative estimate of drug-likeness (QED) is 0.823. The third kappa shape index (κ3) is 3.78. The van der Waals surface area contributed by atoms with Gasteiger partial charge in [0, 0.05) is 13.1 Å². The van der Waals surface area contributed by atoms with Gasteiger partial charge in [0.1, 0.15) is 5.75 Å². The molecule has 1 amide bonds. The number of benzene rings is 1. The first-order valence-corrected chi connectivity index (χ1v) is 8.03. The normalized spacial score (nSPS) is 16.8. The molecule has 0 aliphatic heterocycles. The van der Waals surface area contributed by atoms with Gasteiger partial charge in [0.25, 0.3) is 5.91 Å². The topological polar surface area (TPSA) is 29.5 Å². The van der Waals surface area contributed by atoms with E-state index in [-0.39, 0.29) is 12.0 Å². The van der Waals surface area contributed by atoms with Crippen molar-refractivity contribution in [1.82, 2.24) is 4.90 Å². The lowest BCUT2D eigenvalue weighted by molar-refractivity contribution is -0.139. The Morgan fingerprint density at radius 3 is 2.62 bits per heavy atom. The highest BCUT2D eigenvalue weighted by atomic mass is 16.5. The van der Waals surface area contributed by atoms with E-state index in [1.807, 2.05) is 44.9 Å². The third-order valence-corrected chi connectivity index (χ3v) is 4.48. The molecule has 1 atom stereocenters. The Balaban J connectivity index is 2.08. The predicted molar refractivity (Wildman–Crippen MR) is 85.6 cm³/mol. The van der Waals surface area contributed by atoms with Crippen LogP contribution >= 0.6 is 0 Å². The van der Waals surface area contributed by atoms with Gasteiger partial charge in [-0.2, -0.15) is 0 Å². The molecule has 2 rings (SSSR count). The van der Waals surface area contributed by atoms with Gasteiger partial charge < -0.3 is 9.64 Å². The summed E-state index contributed by atoms with van der Waals surface area (Å²) >= 11 is 0. The van der Waals surface area contributed by atoms with E-state index in [0.29, 0.717) is 12.5 Å². The Bertz CT molecular complexity index is 492. The van der Waals surface area contributed by atoms with E-state index >= 15 is 0 Å². The Kier molecular flexibility index (Phi) is 5.27. The fraction of sp³-hybridized carbons (Fsp3) is 0.611. The molecule has 1 aromatic rings. The Morgan fingerprint density at radius 2 is 2.00 bits per heavy atom. The molecule has 1 fully saturated rings. The summed E-state index contributed by atoms with van der Waals surface area (Å²) in [4.78, 5) is 14.6. The molecular weight excluding hydrogens is 262 g/mol. The van der Waals surface area contributed by atoms with Crippen LogP contribution < -0.4 is 4.74 Å². The molecule has 0 spiro atoms. The van der Waals surface area contributed by atoms with Gasteiger partial charge >= 0.3 is 0 Å². The van der Waals surface area contributed by atoms with E-state index in [0.717, 1.165) is 29.7 Å². The largest absolute Gasteiger partial charge is 0.480 e. The summed E-state index contributed by atoms with van der Waals surface area (Å²) in [6.45, 7) is 6.07. The van der Waals surface area contributed by atoms with Crippen LogP contribution in [0.4, 0.5) is 0 Å². The summed E-state index contributed by atoms with van der Waals surface area (Å²) < 4.78 is 6.03. The van der Waals surface area contributed by atoms with Crippen molar-refractivity contribution < 1.29 is 9.53 Å². The molecule has 0 saturated heterocycles. The van der Waals surface area contributed by atoms with Crippen LogP contribution in [-0.4, -0.2) is 30.0 Å². The Hall–Kier alpha value is -1.51. The fourth-order valence-corrected chi connectivity index (χ4v) is 2.99. The van der Waals surface area contributed by atoms with Gasteiger partial charge in [-0.05, 0) is 50.3 Å². The number of nitrogens with zero attached hydrogens (tertiary/aromatic N) is 1. The highest BCUT2D eigenvalue weighted by Gasteiger charge is 2.29. The van der Waals surface area contributed by atoms with E-state index in [2.05, 4.69) is 6.07 Å². The molecule has 0 heterocycles. The van der Waals surface area contributed by atoms with Gasteiger partial charge in [-0.1, -0.05) is 31.9 Å². The van der Waals surface area contributed by atoms with Gasteiger partial charge in [-0.3, -0.25) is 4.79 Å². The van der Waals surface area contributed by atoms with E-state index in [9.17, 15) is 4.79 Å². The Labute approximate surface area is 128 Å². The SMILES string of the molecule is CC[C@@H](Oc1cc(C)ccc1C)C(=O)N(C)C1CCCC1. The van der Waals surface area contributed by atoms with E-state index in [1.165, 1.54) is 12.8 Å². The Morgan fingerprint density at radius 1 is 1.33 bits per heavy atom. The molecule has 21 heavy (non-hydrogen) atoms. The fourth-order valence-electron chi connectivity index (χ4n) is 2.99. The van der Waals surface area contributed by atoms with Crippen LogP contribution in [-0.2, 0) is 4.79 Å². The average Bonchev–Trinajstić information content (AvgIpc) is 3.01. The van der Waals surface area contributed by atoms with Gasteiger partial charge in [-0.15, -0.1) is 0 Å². The second-order valence-corrected chi connectivity index (χ2v) is 6.17. The van der Waals surface area contributed by atoms with Crippen molar-refractivity contribution >= 4 is 5.91 Å². The molecule has 3 nitrogen and oxygen atoms in total. The summed E-state index contributed by atoms with van der Waals surface area (Å²) in [5.74, 6) is 0.945. The molecule has 1 saturated carbocycles. The van der Waals surface area contributed by atoms with Gasteiger partial charge in [-0.25, -0.2) is 0 Å². The minimum absolute atomic E-state index is 0.116. The van der Waals surface area contributed by atoms with Crippen LogP contribution in [0.1, 0.15) is 50.2 Å². The van der Waals surface area contributed by atoms with E-state index < -0.39 is 0 Å². The number of carbonyl (C=O) groups excluding carboxylic acids is 1. The van der Waals surface area contributed by atoms with E-state index in [4.69, 9.17) is 4.74 Å². The summed E-state index contributed by atoms with van der Waals surface area (Å²) in [6, 6.07) is 6.52. The zero-order valence-electron chi connectivity index (χ0n) is 13.7. The van der Waals surface area contributed by atoms with Crippen molar-refractivity contribution in [2.75, 3.05) is 7.05 Å². The monoisotopic (exact) mass is 289 g/mol. The number of hydrogen-bond acceptors (Lipinski definition) is 2. The molecule has 0 unspecified atom stereocenters. The highest BCUT2D eigenvalue weighted by molar-refractivity contribution is 5.81. The maximum atomic E-state index is 12.7. The summed E-state index contributed by atoms with van der Waals surface area (Å²) in [5.41, 5.74) is 2.23. The number of aryl methyl sites for hydroxylation is 2. The van der Waals surface area contributed by atoms with Crippen molar-refractivity contribution in [2.24, 2.45) is 0 Å². The van der Waals surface area contributed by atoms with Crippen LogP contribution in [0.25, 0.3) is 0 Å². The predicted octanol–water partition coefficient (Wildman–Crippen LogP) is 3.86. The zero-order valence-corrected chi connectivity index (χ0v) is 13.7. The lowest BCUT2D eigenvalue weighted by Crippen LogP contribution is -2.44. The number of hydrogen-bond donors (Lipinski definition) is 0. The van der Waals surface area contributed by atoms with Crippen LogP contribution in [0.2, 0.25) is 0 Å². The van der Waals surface area contributed by atoms with Crippen molar-refractivity contribution in [2.45, 2.75) is 65.0 Å². The molecule has 0 N–H and O–H groups in total. The van der Waals surface area contributed by atoms with Crippen molar-refractivity contribution in [3.05, 3.63) is 29.3 Å². The lowest BCUT2D eigenvalue weighted by Gasteiger charge is -2.29. The summed E-state index contributed by atoms with van der Waals surface area (Å²) in [6.07, 6.45) is 5.04. The van der Waals surface area contributed by atoms with Crippen LogP contribution in [0.15, 0.2) is 18.2 Å². The maximum absolute atomic E-state index is 12.7. The van der Waals surface area contributed by atoms with Crippen LogP contribution in [0.5, 0.6) is 5.75 Å². The smallest absolute Gasteiger partial charge is 0.263 e. The van der Waals surface area contributed by atoms with Crippen molar-refractivity contribution in [3.8, 4) is 5.75 Å². The third-order valence-electron chi connectivity index (χ3n) is 4.48. The number of carbonyl (C=O) groups is 1. The zero-order chi connectivity index (χ0) is 15.4. The first-order chi connectivity index (χ1) is 10.0. The summed E-state index contributed by atoms with van der Waals surface area (Å²) in [5, 5.41) is 0. The molecule has 1 aliphatic rings. The number of likely N-dealkylation sites (N-methyl/N-ethyl adjacent to an activating group) is 1. The first kappa shape index (κ1) is 15.9. The van der Waals surface area contributed by atoms with Gasteiger partial charge in [0.15, 0.2) is 6.10 Å². The lowest BCUT2D eigenvalue weighted by atomic mass is 10.1. The molecule has 0 bridgehead atoms. The van der Waals surface area contributed by atoms with Crippen molar-refractivity contribution in [3.63, 3.8) is 0 Å². The molecule has 116 valence electrons. The molecular formula is C18H27NO2. The molecule has 0 radical (unpaired) electrons. The maximum Gasteiger partial charge on any atom is 0.263 e. The minimum atomic E-state index is -0.379. The number of amides is 1. The number of ether oxygens (including phenoxy) is 1. The second-order valence-electron chi connectivity index (χ2n) is 6.17. The number of rotatable bonds is 5. The van der Waals surface area contributed by atoms with Crippen LogP contribution in [0.3, 0.4) is 0 Å². The molecule has 1 aliphatic carbocycles. The van der Waals surface area contributed by atoms with E-state index in [1.54, 1.807) is 0 Å². The highest BCUT2D eigenvalue weighted by Crippen LogP contribution is 2.25. The van der Waals surface area contributed by atoms with Crippen LogP contribution in [0, 0.1) is 13.8 Å². The van der Waals surface area contributed by atoms with Crippen molar-refractivity contribution in [1.29, 1.82) is 0 Å². The second kappa shape index (κ2) is 6.97. The standard InChI is InChI=1S/C18H27NO2/c1-5-16(18(20)19(4)15-8-6-7-9-15)21-17-12-13(2)10-11-14(17)3/h10-12,15-16H,5-9H2,1-4H3/t16-/m1/s1. The molecule has 0 aromatic heterocycles. The molecule has 3 heteroatoms. The van der Waals surface area contributed by atoms with Gasteiger partial charge in [0.2, 0.25) is 0 Å². The first-order valence-electron chi connectivity index (χ1n) is 8.03. The molecule has 1 aromatic carbocycles. The average molecular weight is 289 g/mol. The summed E-state index contributed by atoms with van der Waals surface area (Å²) in [7, 11) is 1.92.